The smallest absolute Gasteiger partial charge is 0.261 e. The molecule has 0 bridgehead atoms. The first-order chi connectivity index (χ1) is 15.5. The maximum absolute atomic E-state index is 13.1. The number of methoxy groups -OCH3 is 1. The lowest BCUT2D eigenvalue weighted by molar-refractivity contribution is -0.142. The molecule has 2 aromatic carbocycles. The summed E-state index contributed by atoms with van der Waals surface area (Å²) in [4.78, 5) is 27.7. The zero-order chi connectivity index (χ0) is 22.9. The molecule has 1 unspecified atom stereocenters. The van der Waals surface area contributed by atoms with Crippen LogP contribution in [0.4, 0.5) is 0 Å². The van der Waals surface area contributed by atoms with Gasteiger partial charge in [-0.3, -0.25) is 9.59 Å². The number of rotatable bonds is 9. The summed E-state index contributed by atoms with van der Waals surface area (Å²) >= 11 is 6.13. The number of ether oxygens (including phenoxy) is 2. The molecule has 1 N–H and O–H groups in total. The van der Waals surface area contributed by atoms with Crippen molar-refractivity contribution in [1.82, 2.24) is 10.2 Å². The second-order valence-electron chi connectivity index (χ2n) is 8.14. The SMILES string of the molecule is COc1ccc(OCC(=O)N(Cc2cccc(Cl)c2)C(C)C(=O)NC2CCCCC2)cc1. The molecule has 3 rings (SSSR count). The average Bonchev–Trinajstić information content (AvgIpc) is 2.81. The highest BCUT2D eigenvalue weighted by Gasteiger charge is 2.28. The topological polar surface area (TPSA) is 67.9 Å². The zero-order valence-electron chi connectivity index (χ0n) is 18.7. The Morgan fingerprint density at radius 1 is 1.09 bits per heavy atom. The van der Waals surface area contributed by atoms with Crippen molar-refractivity contribution in [2.24, 2.45) is 0 Å². The first-order valence-electron chi connectivity index (χ1n) is 11.1. The number of hydrogen-bond donors (Lipinski definition) is 1. The van der Waals surface area contributed by atoms with Gasteiger partial charge in [-0.2, -0.15) is 0 Å². The van der Waals surface area contributed by atoms with Crippen molar-refractivity contribution in [3.63, 3.8) is 0 Å². The quantitative estimate of drug-likeness (QED) is 0.596. The summed E-state index contributed by atoms with van der Waals surface area (Å²) in [6.07, 6.45) is 5.44. The molecule has 0 spiro atoms. The number of nitrogens with one attached hydrogen (secondary N) is 1. The largest absolute Gasteiger partial charge is 0.497 e. The van der Waals surface area contributed by atoms with E-state index in [1.165, 1.54) is 6.42 Å². The van der Waals surface area contributed by atoms with Gasteiger partial charge in [0.15, 0.2) is 6.61 Å². The van der Waals surface area contributed by atoms with Gasteiger partial charge >= 0.3 is 0 Å². The van der Waals surface area contributed by atoms with E-state index in [0.29, 0.717) is 16.5 Å². The second-order valence-corrected chi connectivity index (χ2v) is 8.57. The Morgan fingerprint density at radius 3 is 2.44 bits per heavy atom. The van der Waals surface area contributed by atoms with Gasteiger partial charge in [0, 0.05) is 17.6 Å². The number of hydrogen-bond acceptors (Lipinski definition) is 4. The van der Waals surface area contributed by atoms with E-state index >= 15 is 0 Å². The van der Waals surface area contributed by atoms with E-state index in [4.69, 9.17) is 21.1 Å². The van der Waals surface area contributed by atoms with Crippen LogP contribution >= 0.6 is 11.6 Å². The van der Waals surface area contributed by atoms with Gasteiger partial charge in [0.1, 0.15) is 17.5 Å². The molecule has 2 amide bonds. The van der Waals surface area contributed by atoms with E-state index < -0.39 is 6.04 Å². The van der Waals surface area contributed by atoms with Crippen LogP contribution in [-0.4, -0.2) is 42.5 Å². The third-order valence-electron chi connectivity index (χ3n) is 5.78. The fourth-order valence-electron chi connectivity index (χ4n) is 3.88. The molecule has 0 saturated heterocycles. The summed E-state index contributed by atoms with van der Waals surface area (Å²) in [6, 6.07) is 13.9. The summed E-state index contributed by atoms with van der Waals surface area (Å²) in [5.74, 6) is 0.851. The number of benzene rings is 2. The third-order valence-corrected chi connectivity index (χ3v) is 6.02. The van der Waals surface area contributed by atoms with Crippen LogP contribution in [0.15, 0.2) is 48.5 Å². The summed E-state index contributed by atoms with van der Waals surface area (Å²) < 4.78 is 10.8. The van der Waals surface area contributed by atoms with Gasteiger partial charge in [-0.1, -0.05) is 43.0 Å². The molecule has 1 aliphatic rings. The number of carbonyl (C=O) groups excluding carboxylic acids is 2. The Hall–Kier alpha value is -2.73. The Balaban J connectivity index is 1.69. The van der Waals surface area contributed by atoms with Crippen molar-refractivity contribution in [2.75, 3.05) is 13.7 Å². The molecule has 172 valence electrons. The lowest BCUT2D eigenvalue weighted by atomic mass is 9.95. The molecular formula is C25H31ClN2O4. The minimum atomic E-state index is -0.636. The van der Waals surface area contributed by atoms with Crippen molar-refractivity contribution in [2.45, 2.75) is 57.7 Å². The van der Waals surface area contributed by atoms with Gasteiger partial charge in [0.05, 0.1) is 7.11 Å². The highest BCUT2D eigenvalue weighted by Crippen LogP contribution is 2.20. The van der Waals surface area contributed by atoms with E-state index in [2.05, 4.69) is 5.32 Å². The van der Waals surface area contributed by atoms with Crippen LogP contribution in [0.3, 0.4) is 0 Å². The van der Waals surface area contributed by atoms with Crippen molar-refractivity contribution < 1.29 is 19.1 Å². The molecular weight excluding hydrogens is 428 g/mol. The summed E-state index contributed by atoms with van der Waals surface area (Å²) in [5, 5.41) is 3.71. The minimum absolute atomic E-state index is 0.142. The Morgan fingerprint density at radius 2 is 1.78 bits per heavy atom. The monoisotopic (exact) mass is 458 g/mol. The first-order valence-corrected chi connectivity index (χ1v) is 11.4. The van der Waals surface area contributed by atoms with Crippen LogP contribution in [0.2, 0.25) is 5.02 Å². The van der Waals surface area contributed by atoms with E-state index in [1.54, 1.807) is 55.3 Å². The van der Waals surface area contributed by atoms with E-state index in [9.17, 15) is 9.59 Å². The van der Waals surface area contributed by atoms with Crippen molar-refractivity contribution in [3.8, 4) is 11.5 Å². The minimum Gasteiger partial charge on any atom is -0.497 e. The van der Waals surface area contributed by atoms with Crippen LogP contribution in [-0.2, 0) is 16.1 Å². The maximum Gasteiger partial charge on any atom is 0.261 e. The summed E-state index contributed by atoms with van der Waals surface area (Å²) in [7, 11) is 1.59. The third kappa shape index (κ3) is 6.89. The molecule has 1 fully saturated rings. The standard InChI is InChI=1S/C25H31ClN2O4/c1-18(25(30)27-21-9-4-3-5-10-21)28(16-19-7-6-8-20(26)15-19)24(29)17-32-23-13-11-22(31-2)12-14-23/h6-8,11-15,18,21H,3-5,9-10,16-17H2,1-2H3,(H,27,30). The number of amides is 2. The normalized spacial score (nSPS) is 15.0. The van der Waals surface area contributed by atoms with Gasteiger partial charge in [0.25, 0.3) is 5.91 Å². The van der Waals surface area contributed by atoms with Gasteiger partial charge in [-0.25, -0.2) is 0 Å². The predicted octanol–water partition coefficient (Wildman–Crippen LogP) is 4.59. The molecule has 0 radical (unpaired) electrons. The van der Waals surface area contributed by atoms with E-state index in [-0.39, 0.29) is 31.0 Å². The highest BCUT2D eigenvalue weighted by atomic mass is 35.5. The lowest BCUT2D eigenvalue weighted by Gasteiger charge is -2.31. The van der Waals surface area contributed by atoms with Crippen LogP contribution < -0.4 is 14.8 Å². The fraction of sp³-hybridized carbons (Fsp3) is 0.440. The molecule has 1 saturated carbocycles. The number of nitrogens with zero attached hydrogens (tertiary/aromatic N) is 1. The van der Waals surface area contributed by atoms with Crippen LogP contribution in [0, 0.1) is 0 Å². The lowest BCUT2D eigenvalue weighted by Crippen LogP contribution is -2.51. The molecule has 1 aliphatic carbocycles. The van der Waals surface area contributed by atoms with Crippen molar-refractivity contribution in [3.05, 3.63) is 59.1 Å². The molecule has 0 heterocycles. The van der Waals surface area contributed by atoms with Crippen LogP contribution in [0.1, 0.15) is 44.6 Å². The highest BCUT2D eigenvalue weighted by molar-refractivity contribution is 6.30. The second kappa shape index (κ2) is 11.8. The van der Waals surface area contributed by atoms with Gasteiger partial charge in [-0.05, 0) is 61.7 Å². The van der Waals surface area contributed by atoms with Crippen molar-refractivity contribution >= 4 is 23.4 Å². The van der Waals surface area contributed by atoms with E-state index in [0.717, 1.165) is 31.2 Å². The Bertz CT molecular complexity index is 897. The summed E-state index contributed by atoms with van der Waals surface area (Å²) in [5.41, 5.74) is 0.854. The van der Waals surface area contributed by atoms with E-state index in [1.807, 2.05) is 12.1 Å². The van der Waals surface area contributed by atoms with Crippen LogP contribution in [0.5, 0.6) is 11.5 Å². The molecule has 0 aliphatic heterocycles. The molecule has 0 aromatic heterocycles. The Labute approximate surface area is 194 Å². The van der Waals surface area contributed by atoms with Gasteiger partial charge in [0.2, 0.25) is 5.91 Å². The predicted molar refractivity (Wildman–Crippen MR) is 125 cm³/mol. The van der Waals surface area contributed by atoms with Gasteiger partial charge < -0.3 is 19.7 Å². The van der Waals surface area contributed by atoms with Crippen LogP contribution in [0.25, 0.3) is 0 Å². The summed E-state index contributed by atoms with van der Waals surface area (Å²) in [6.45, 7) is 1.85. The van der Waals surface area contributed by atoms with Gasteiger partial charge in [-0.15, -0.1) is 0 Å². The number of carbonyl (C=O) groups is 2. The molecule has 1 atom stereocenters. The molecule has 2 aromatic rings. The number of halogens is 1. The molecule has 6 nitrogen and oxygen atoms in total. The first kappa shape index (κ1) is 23.9. The van der Waals surface area contributed by atoms with Crippen molar-refractivity contribution in [1.29, 1.82) is 0 Å². The average molecular weight is 459 g/mol. The zero-order valence-corrected chi connectivity index (χ0v) is 19.4. The Kier molecular flexibility index (Phi) is 8.80. The molecule has 32 heavy (non-hydrogen) atoms. The fourth-order valence-corrected chi connectivity index (χ4v) is 4.10. The molecule has 7 heteroatoms. The maximum atomic E-state index is 13.1.